The van der Waals surface area contributed by atoms with Gasteiger partial charge in [0.25, 0.3) is 0 Å². The van der Waals surface area contributed by atoms with Gasteiger partial charge in [0.05, 0.1) is 11.1 Å². The first-order chi connectivity index (χ1) is 12.9. The lowest BCUT2D eigenvalue weighted by Crippen LogP contribution is -2.11. The van der Waals surface area contributed by atoms with Crippen molar-refractivity contribution in [3.8, 4) is 22.6 Å². The first-order valence-corrected chi connectivity index (χ1v) is 9.50. The van der Waals surface area contributed by atoms with E-state index in [0.717, 1.165) is 0 Å². The lowest BCUT2D eigenvalue weighted by atomic mass is 10.1. The molecule has 0 radical (unpaired) electrons. The number of para-hydroxylation sites is 1. The molecule has 2 aromatic heterocycles. The van der Waals surface area contributed by atoms with Crippen LogP contribution >= 0.6 is 0 Å². The topological polar surface area (TPSA) is 86.7 Å². The Hall–Kier alpha value is -3.23. The molecular formula is C19H14FN3O3S. The zero-order valence-electron chi connectivity index (χ0n) is 13.9. The Balaban J connectivity index is 1.88. The Morgan fingerprint density at radius 1 is 1.00 bits per heavy atom. The number of nitrogens with two attached hydrogens (primary N) is 1. The molecule has 0 aliphatic rings. The van der Waals surface area contributed by atoms with Crippen LogP contribution in [0.4, 0.5) is 4.39 Å². The first-order valence-electron chi connectivity index (χ1n) is 7.95. The van der Waals surface area contributed by atoms with Crippen LogP contribution in [0.5, 0.6) is 11.5 Å². The minimum Gasteiger partial charge on any atom is -0.452 e. The Bertz CT molecular complexity index is 1250. The fraction of sp³-hybridized carbons (Fsp3) is 0. The maximum atomic E-state index is 14.0. The van der Waals surface area contributed by atoms with E-state index in [-0.39, 0.29) is 10.6 Å². The summed E-state index contributed by atoms with van der Waals surface area (Å²) >= 11 is 0. The number of halogens is 1. The number of nitrogens with zero attached hydrogens (tertiary/aromatic N) is 2. The van der Waals surface area contributed by atoms with Gasteiger partial charge in [0.15, 0.2) is 17.3 Å². The number of benzene rings is 2. The van der Waals surface area contributed by atoms with E-state index in [1.807, 2.05) is 0 Å². The van der Waals surface area contributed by atoms with Gasteiger partial charge in [0, 0.05) is 17.8 Å². The third-order valence-corrected chi connectivity index (χ3v) is 4.96. The number of rotatable bonds is 4. The zero-order valence-corrected chi connectivity index (χ0v) is 14.7. The molecule has 0 saturated heterocycles. The van der Waals surface area contributed by atoms with Crippen molar-refractivity contribution in [2.45, 2.75) is 4.90 Å². The average molecular weight is 383 g/mol. The first kappa shape index (κ1) is 17.2. The highest BCUT2D eigenvalue weighted by Crippen LogP contribution is 2.35. The number of aromatic nitrogens is 2. The van der Waals surface area contributed by atoms with Crippen LogP contribution in [0.3, 0.4) is 0 Å². The lowest BCUT2D eigenvalue weighted by Gasteiger charge is -2.10. The molecule has 2 aromatic carbocycles. The van der Waals surface area contributed by atoms with E-state index < -0.39 is 15.8 Å². The molecule has 136 valence electrons. The second-order valence-corrected chi connectivity index (χ2v) is 7.38. The summed E-state index contributed by atoms with van der Waals surface area (Å²) in [5.74, 6) is -0.0241. The molecule has 8 heteroatoms. The van der Waals surface area contributed by atoms with Gasteiger partial charge < -0.3 is 4.74 Å². The average Bonchev–Trinajstić information content (AvgIpc) is 3.08. The Morgan fingerprint density at radius 2 is 1.81 bits per heavy atom. The van der Waals surface area contributed by atoms with Gasteiger partial charge in [-0.1, -0.05) is 24.3 Å². The minimum atomic E-state index is -3.84. The maximum absolute atomic E-state index is 14.0. The van der Waals surface area contributed by atoms with E-state index in [2.05, 4.69) is 5.10 Å². The van der Waals surface area contributed by atoms with Crippen LogP contribution in [0.25, 0.3) is 16.6 Å². The van der Waals surface area contributed by atoms with Gasteiger partial charge in [-0.3, -0.25) is 0 Å². The number of sulfonamides is 1. The normalized spacial score (nSPS) is 11.6. The fourth-order valence-corrected chi connectivity index (χ4v) is 3.38. The molecule has 0 spiro atoms. The Morgan fingerprint density at radius 3 is 2.59 bits per heavy atom. The SMILES string of the molecule is NS(=O)(=O)c1cccc(-c2ccn3nccc(Oc4ccccc4F)c23)c1. The molecule has 4 aromatic rings. The van der Waals surface area contributed by atoms with E-state index in [0.29, 0.717) is 22.4 Å². The molecule has 6 nitrogen and oxygen atoms in total. The molecular weight excluding hydrogens is 369 g/mol. The third-order valence-electron chi connectivity index (χ3n) is 4.05. The summed E-state index contributed by atoms with van der Waals surface area (Å²) in [6.07, 6.45) is 3.25. The second kappa shape index (κ2) is 6.49. The predicted octanol–water partition coefficient (Wildman–Crippen LogP) is 3.58. The van der Waals surface area contributed by atoms with Crippen LogP contribution < -0.4 is 9.88 Å². The van der Waals surface area contributed by atoms with Crippen molar-refractivity contribution in [1.82, 2.24) is 9.61 Å². The summed E-state index contributed by atoms with van der Waals surface area (Å²) in [5, 5.41) is 9.45. The van der Waals surface area contributed by atoms with Crippen LogP contribution in [0.1, 0.15) is 0 Å². The van der Waals surface area contributed by atoms with Crippen molar-refractivity contribution in [3.05, 3.63) is 78.9 Å². The fourth-order valence-electron chi connectivity index (χ4n) is 2.82. The van der Waals surface area contributed by atoms with Gasteiger partial charge in [-0.05, 0) is 35.9 Å². The van der Waals surface area contributed by atoms with Crippen LogP contribution in [-0.4, -0.2) is 18.0 Å². The molecule has 0 atom stereocenters. The number of hydrogen-bond acceptors (Lipinski definition) is 4. The number of hydrogen-bond donors (Lipinski definition) is 1. The molecule has 0 fully saturated rings. The van der Waals surface area contributed by atoms with E-state index in [1.165, 1.54) is 30.5 Å². The largest absolute Gasteiger partial charge is 0.452 e. The van der Waals surface area contributed by atoms with Gasteiger partial charge in [-0.15, -0.1) is 0 Å². The highest BCUT2D eigenvalue weighted by Gasteiger charge is 2.15. The third kappa shape index (κ3) is 3.27. The summed E-state index contributed by atoms with van der Waals surface area (Å²) in [4.78, 5) is -0.000174. The second-order valence-electron chi connectivity index (χ2n) is 5.82. The predicted molar refractivity (Wildman–Crippen MR) is 98.5 cm³/mol. The number of primary sulfonamides is 1. The van der Waals surface area contributed by atoms with E-state index in [4.69, 9.17) is 9.88 Å². The lowest BCUT2D eigenvalue weighted by molar-refractivity contribution is 0.444. The Kier molecular flexibility index (Phi) is 4.14. The number of fused-ring (bicyclic) bond motifs is 1. The molecule has 0 unspecified atom stereocenters. The molecule has 2 N–H and O–H groups in total. The quantitative estimate of drug-likeness (QED) is 0.584. The summed E-state index contributed by atoms with van der Waals surface area (Å²) in [7, 11) is -3.84. The van der Waals surface area contributed by atoms with Crippen LogP contribution in [0.2, 0.25) is 0 Å². The molecule has 2 heterocycles. The zero-order chi connectivity index (χ0) is 19.0. The van der Waals surface area contributed by atoms with Crippen molar-refractivity contribution in [2.75, 3.05) is 0 Å². The highest BCUT2D eigenvalue weighted by molar-refractivity contribution is 7.89. The summed E-state index contributed by atoms with van der Waals surface area (Å²) in [6, 6.07) is 15.7. The highest BCUT2D eigenvalue weighted by atomic mass is 32.2. The van der Waals surface area contributed by atoms with Crippen molar-refractivity contribution in [2.24, 2.45) is 5.14 Å². The van der Waals surface area contributed by atoms with Crippen molar-refractivity contribution in [1.29, 1.82) is 0 Å². The van der Waals surface area contributed by atoms with E-state index in [9.17, 15) is 12.8 Å². The number of ether oxygens (including phenoxy) is 1. The molecule has 0 saturated carbocycles. The summed E-state index contributed by atoms with van der Waals surface area (Å²) < 4.78 is 44.6. The van der Waals surface area contributed by atoms with Crippen molar-refractivity contribution < 1.29 is 17.5 Å². The maximum Gasteiger partial charge on any atom is 0.238 e. The van der Waals surface area contributed by atoms with E-state index >= 15 is 0 Å². The molecule has 4 rings (SSSR count). The van der Waals surface area contributed by atoms with Crippen LogP contribution in [0, 0.1) is 5.82 Å². The van der Waals surface area contributed by atoms with E-state index in [1.54, 1.807) is 47.1 Å². The molecule has 0 bridgehead atoms. The monoisotopic (exact) mass is 383 g/mol. The molecule has 0 amide bonds. The minimum absolute atomic E-state index is 0.000174. The van der Waals surface area contributed by atoms with Gasteiger partial charge in [-0.2, -0.15) is 5.10 Å². The Labute approximate surface area is 154 Å². The summed E-state index contributed by atoms with van der Waals surface area (Å²) in [5.41, 5.74) is 1.88. The van der Waals surface area contributed by atoms with Crippen LogP contribution in [0.15, 0.2) is 78.0 Å². The van der Waals surface area contributed by atoms with Crippen LogP contribution in [-0.2, 0) is 10.0 Å². The standard InChI is InChI=1S/C19H14FN3O3S/c20-16-6-1-2-7-17(16)26-18-8-10-22-23-11-9-15(19(18)23)13-4-3-5-14(12-13)27(21,24)25/h1-12H,(H2,21,24,25). The van der Waals surface area contributed by atoms with Gasteiger partial charge in [0.2, 0.25) is 10.0 Å². The van der Waals surface area contributed by atoms with Crippen molar-refractivity contribution in [3.63, 3.8) is 0 Å². The van der Waals surface area contributed by atoms with Gasteiger partial charge >= 0.3 is 0 Å². The van der Waals surface area contributed by atoms with Gasteiger partial charge in [-0.25, -0.2) is 22.5 Å². The van der Waals surface area contributed by atoms with Gasteiger partial charge in [0.1, 0.15) is 5.52 Å². The molecule has 27 heavy (non-hydrogen) atoms. The molecule has 0 aliphatic carbocycles. The molecule has 0 aliphatic heterocycles. The smallest absolute Gasteiger partial charge is 0.238 e. The summed E-state index contributed by atoms with van der Waals surface area (Å²) in [6.45, 7) is 0. The van der Waals surface area contributed by atoms with Crippen molar-refractivity contribution >= 4 is 15.5 Å².